The molecule has 1 unspecified atom stereocenters. The molecule has 0 amide bonds. The van der Waals surface area contributed by atoms with E-state index in [9.17, 15) is 8.42 Å². The van der Waals surface area contributed by atoms with Crippen LogP contribution in [-0.4, -0.2) is 19.3 Å². The molecule has 0 spiro atoms. The summed E-state index contributed by atoms with van der Waals surface area (Å²) in [5.41, 5.74) is 5.50. The van der Waals surface area contributed by atoms with Crippen molar-refractivity contribution in [3.05, 3.63) is 101 Å². The lowest BCUT2D eigenvalue weighted by Crippen LogP contribution is -2.40. The molecule has 0 saturated heterocycles. The minimum absolute atomic E-state index is 0.304. The molecule has 3 aromatic rings. The van der Waals surface area contributed by atoms with Crippen LogP contribution in [0.25, 0.3) is 0 Å². The highest BCUT2D eigenvalue weighted by Gasteiger charge is 2.37. The van der Waals surface area contributed by atoms with Crippen molar-refractivity contribution in [1.82, 2.24) is 4.31 Å². The standard InChI is InChI=1S/C23H23NO2S/c1-17-9-12-21(13-10-17)27(25,26)24-15-14-19-11-8-18(2)16-22(19)23(24)20-6-4-3-5-7-20/h3-13,16,23H,14-15H2,1-2H3. The maximum atomic E-state index is 13.5. The van der Waals surface area contributed by atoms with E-state index in [-0.39, 0.29) is 6.04 Å². The molecule has 27 heavy (non-hydrogen) atoms. The average Bonchev–Trinajstić information content (AvgIpc) is 2.68. The lowest BCUT2D eigenvalue weighted by atomic mass is 9.89. The van der Waals surface area contributed by atoms with E-state index in [0.717, 1.165) is 28.7 Å². The Bertz CT molecular complexity index is 1060. The zero-order valence-electron chi connectivity index (χ0n) is 15.6. The van der Waals surface area contributed by atoms with Crippen molar-refractivity contribution >= 4 is 10.0 Å². The third-order valence-corrected chi connectivity index (χ3v) is 7.11. The normalized spacial score (nSPS) is 17.5. The molecular formula is C23H23NO2S. The topological polar surface area (TPSA) is 37.4 Å². The Balaban J connectivity index is 1.88. The highest BCUT2D eigenvalue weighted by atomic mass is 32.2. The Kier molecular flexibility index (Phi) is 4.62. The van der Waals surface area contributed by atoms with Crippen LogP contribution in [0.15, 0.2) is 77.7 Å². The molecule has 0 radical (unpaired) electrons. The van der Waals surface area contributed by atoms with Crippen LogP contribution in [0.3, 0.4) is 0 Å². The Morgan fingerprint density at radius 3 is 2.22 bits per heavy atom. The van der Waals surface area contributed by atoms with Crippen molar-refractivity contribution in [2.45, 2.75) is 31.2 Å². The number of fused-ring (bicyclic) bond motifs is 1. The van der Waals surface area contributed by atoms with Crippen molar-refractivity contribution in [2.24, 2.45) is 0 Å². The Morgan fingerprint density at radius 2 is 1.52 bits per heavy atom. The highest BCUT2D eigenvalue weighted by Crippen LogP contribution is 2.39. The van der Waals surface area contributed by atoms with E-state index in [4.69, 9.17) is 0 Å². The summed E-state index contributed by atoms with van der Waals surface area (Å²) in [6, 6.07) is 23.1. The number of hydrogen-bond donors (Lipinski definition) is 0. The van der Waals surface area contributed by atoms with E-state index in [1.54, 1.807) is 16.4 Å². The van der Waals surface area contributed by atoms with Crippen LogP contribution in [0, 0.1) is 13.8 Å². The van der Waals surface area contributed by atoms with Crippen molar-refractivity contribution in [3.63, 3.8) is 0 Å². The van der Waals surface area contributed by atoms with Gasteiger partial charge in [-0.05, 0) is 49.1 Å². The molecule has 0 N–H and O–H groups in total. The highest BCUT2D eigenvalue weighted by molar-refractivity contribution is 7.89. The summed E-state index contributed by atoms with van der Waals surface area (Å²) in [5.74, 6) is 0. The summed E-state index contributed by atoms with van der Waals surface area (Å²) in [7, 11) is -3.60. The summed E-state index contributed by atoms with van der Waals surface area (Å²) < 4.78 is 28.7. The van der Waals surface area contributed by atoms with Crippen molar-refractivity contribution < 1.29 is 8.42 Å². The van der Waals surface area contributed by atoms with E-state index in [1.807, 2.05) is 49.4 Å². The lowest BCUT2D eigenvalue weighted by molar-refractivity contribution is 0.344. The van der Waals surface area contributed by atoms with Gasteiger partial charge in [-0.2, -0.15) is 4.31 Å². The molecule has 1 aliphatic heterocycles. The quantitative estimate of drug-likeness (QED) is 0.667. The van der Waals surface area contributed by atoms with E-state index in [2.05, 4.69) is 25.1 Å². The Morgan fingerprint density at radius 1 is 0.852 bits per heavy atom. The average molecular weight is 378 g/mol. The van der Waals surface area contributed by atoms with Crippen molar-refractivity contribution in [3.8, 4) is 0 Å². The van der Waals surface area contributed by atoms with E-state index in [1.165, 1.54) is 5.56 Å². The molecule has 0 bridgehead atoms. The molecule has 1 heterocycles. The fourth-order valence-corrected chi connectivity index (χ4v) is 5.39. The van der Waals surface area contributed by atoms with Gasteiger partial charge in [-0.3, -0.25) is 0 Å². The van der Waals surface area contributed by atoms with Crippen LogP contribution in [0.4, 0.5) is 0 Å². The second-order valence-corrected chi connectivity index (χ2v) is 9.08. The first-order valence-electron chi connectivity index (χ1n) is 9.20. The summed E-state index contributed by atoms with van der Waals surface area (Å²) in [6.45, 7) is 4.49. The van der Waals surface area contributed by atoms with Gasteiger partial charge >= 0.3 is 0 Å². The summed E-state index contributed by atoms with van der Waals surface area (Å²) >= 11 is 0. The Hall–Kier alpha value is -2.43. The van der Waals surface area contributed by atoms with Crippen molar-refractivity contribution in [1.29, 1.82) is 0 Å². The molecule has 3 nitrogen and oxygen atoms in total. The molecule has 1 aliphatic rings. The first-order valence-corrected chi connectivity index (χ1v) is 10.6. The predicted molar refractivity (Wildman–Crippen MR) is 108 cm³/mol. The van der Waals surface area contributed by atoms with Gasteiger partial charge < -0.3 is 0 Å². The molecule has 0 aromatic heterocycles. The van der Waals surface area contributed by atoms with Crippen molar-refractivity contribution in [2.75, 3.05) is 6.54 Å². The minimum Gasteiger partial charge on any atom is -0.207 e. The van der Waals surface area contributed by atoms with Crippen LogP contribution in [0.1, 0.15) is 33.9 Å². The maximum Gasteiger partial charge on any atom is 0.243 e. The fourth-order valence-electron chi connectivity index (χ4n) is 3.80. The molecule has 4 rings (SSSR count). The number of hydrogen-bond acceptors (Lipinski definition) is 2. The monoisotopic (exact) mass is 377 g/mol. The minimum atomic E-state index is -3.60. The van der Waals surface area contributed by atoms with E-state index < -0.39 is 10.0 Å². The van der Waals surface area contributed by atoms with Gasteiger partial charge in [-0.25, -0.2) is 8.42 Å². The third-order valence-electron chi connectivity index (χ3n) is 5.23. The zero-order chi connectivity index (χ0) is 19.0. The zero-order valence-corrected chi connectivity index (χ0v) is 16.4. The van der Waals surface area contributed by atoms with Gasteiger partial charge in [-0.1, -0.05) is 71.8 Å². The molecule has 0 aliphatic carbocycles. The largest absolute Gasteiger partial charge is 0.243 e. The van der Waals surface area contributed by atoms with Gasteiger partial charge in [0.15, 0.2) is 0 Å². The maximum absolute atomic E-state index is 13.5. The SMILES string of the molecule is Cc1ccc(S(=O)(=O)N2CCc3ccc(C)cc3C2c2ccccc2)cc1. The molecule has 0 fully saturated rings. The van der Waals surface area contributed by atoms with Gasteiger partial charge in [0.25, 0.3) is 0 Å². The first kappa shape index (κ1) is 18.0. The summed E-state index contributed by atoms with van der Waals surface area (Å²) in [5, 5.41) is 0. The van der Waals surface area contributed by atoms with Gasteiger partial charge in [-0.15, -0.1) is 0 Å². The predicted octanol–water partition coefficient (Wildman–Crippen LogP) is 4.64. The Labute approximate surface area is 161 Å². The second-order valence-electron chi connectivity index (χ2n) is 7.19. The number of aryl methyl sites for hydroxylation is 2. The molecule has 3 aromatic carbocycles. The lowest BCUT2D eigenvalue weighted by Gasteiger charge is -2.37. The number of sulfonamides is 1. The van der Waals surface area contributed by atoms with Crippen LogP contribution in [0.5, 0.6) is 0 Å². The summed E-state index contributed by atoms with van der Waals surface area (Å²) in [6.07, 6.45) is 0.726. The second kappa shape index (κ2) is 6.95. The molecular weight excluding hydrogens is 354 g/mol. The number of nitrogens with zero attached hydrogens (tertiary/aromatic N) is 1. The van der Waals surface area contributed by atoms with Crippen LogP contribution in [0.2, 0.25) is 0 Å². The first-order chi connectivity index (χ1) is 13.0. The van der Waals surface area contributed by atoms with E-state index in [0.29, 0.717) is 11.4 Å². The van der Waals surface area contributed by atoms with Crippen LogP contribution >= 0.6 is 0 Å². The molecule has 4 heteroatoms. The molecule has 138 valence electrons. The van der Waals surface area contributed by atoms with Gasteiger partial charge in [0.1, 0.15) is 0 Å². The number of rotatable bonds is 3. The van der Waals surface area contributed by atoms with E-state index >= 15 is 0 Å². The fraction of sp³-hybridized carbons (Fsp3) is 0.217. The molecule has 0 saturated carbocycles. The smallest absolute Gasteiger partial charge is 0.207 e. The summed E-state index contributed by atoms with van der Waals surface area (Å²) in [4.78, 5) is 0.352. The van der Waals surface area contributed by atoms with Gasteiger partial charge in [0.05, 0.1) is 10.9 Å². The number of benzene rings is 3. The van der Waals surface area contributed by atoms with Gasteiger partial charge in [0.2, 0.25) is 10.0 Å². The van der Waals surface area contributed by atoms with Crippen LogP contribution < -0.4 is 0 Å². The molecule has 1 atom stereocenters. The third kappa shape index (κ3) is 3.31. The van der Waals surface area contributed by atoms with Gasteiger partial charge in [0, 0.05) is 6.54 Å². The van der Waals surface area contributed by atoms with Crippen LogP contribution in [-0.2, 0) is 16.4 Å².